The molecule has 0 aromatic heterocycles. The molecule has 0 amide bonds. The van der Waals surface area contributed by atoms with Gasteiger partial charge >= 0.3 is 0 Å². The summed E-state index contributed by atoms with van der Waals surface area (Å²) in [5, 5.41) is 19.0. The summed E-state index contributed by atoms with van der Waals surface area (Å²) in [6.45, 7) is 5.93. The van der Waals surface area contributed by atoms with Crippen molar-refractivity contribution in [1.29, 1.82) is 0 Å². The van der Waals surface area contributed by atoms with Crippen LogP contribution in [0.1, 0.15) is 16.7 Å². The number of aryl methyl sites for hydroxylation is 3. The van der Waals surface area contributed by atoms with Crippen molar-refractivity contribution in [3.05, 3.63) is 47.0 Å². The lowest BCUT2D eigenvalue weighted by atomic mass is 9.92. The summed E-state index contributed by atoms with van der Waals surface area (Å²) in [5.41, 5.74) is 5.33. The minimum Gasteiger partial charge on any atom is -0.508 e. The predicted octanol–water partition coefficient (Wildman–Crippen LogP) is 3.69. The maximum atomic E-state index is 9.54. The molecular formula is C15H16O2. The summed E-state index contributed by atoms with van der Waals surface area (Å²) >= 11 is 0. The maximum Gasteiger partial charge on any atom is 0.116 e. The number of benzene rings is 2. The normalized spacial score (nSPS) is 10.5. The highest BCUT2D eigenvalue weighted by atomic mass is 16.3. The van der Waals surface area contributed by atoms with Crippen molar-refractivity contribution < 1.29 is 10.2 Å². The summed E-state index contributed by atoms with van der Waals surface area (Å²) in [7, 11) is 0. The van der Waals surface area contributed by atoms with Gasteiger partial charge in [-0.25, -0.2) is 0 Å². The molecule has 2 heteroatoms. The number of phenolic OH excluding ortho intramolecular Hbond substituents is 2. The molecule has 2 aromatic carbocycles. The van der Waals surface area contributed by atoms with E-state index in [2.05, 4.69) is 0 Å². The number of hydrogen-bond acceptors (Lipinski definition) is 2. The van der Waals surface area contributed by atoms with E-state index in [1.165, 1.54) is 0 Å². The molecule has 0 saturated carbocycles. The summed E-state index contributed by atoms with van der Waals surface area (Å²) < 4.78 is 0. The largest absolute Gasteiger partial charge is 0.508 e. The van der Waals surface area contributed by atoms with E-state index in [0.29, 0.717) is 5.75 Å². The Balaban J connectivity index is 2.68. The first-order valence-corrected chi connectivity index (χ1v) is 5.59. The van der Waals surface area contributed by atoms with Crippen molar-refractivity contribution in [2.75, 3.05) is 0 Å². The fraction of sp³-hybridized carbons (Fsp3) is 0.200. The third kappa shape index (κ3) is 2.11. The molecule has 88 valence electrons. The van der Waals surface area contributed by atoms with E-state index in [-0.39, 0.29) is 5.75 Å². The minimum absolute atomic E-state index is 0.278. The fourth-order valence-electron chi connectivity index (χ4n) is 2.29. The van der Waals surface area contributed by atoms with Gasteiger partial charge in [0, 0.05) is 0 Å². The Kier molecular flexibility index (Phi) is 2.80. The lowest BCUT2D eigenvalue weighted by Crippen LogP contribution is -1.90. The van der Waals surface area contributed by atoms with Gasteiger partial charge in [-0.15, -0.1) is 0 Å². The van der Waals surface area contributed by atoms with E-state index in [0.717, 1.165) is 27.8 Å². The summed E-state index contributed by atoms with van der Waals surface area (Å²) in [6, 6.07) is 8.87. The molecule has 0 aliphatic rings. The van der Waals surface area contributed by atoms with Gasteiger partial charge in [-0.1, -0.05) is 6.07 Å². The van der Waals surface area contributed by atoms with Gasteiger partial charge in [0.15, 0.2) is 0 Å². The lowest BCUT2D eigenvalue weighted by Gasteiger charge is -2.13. The molecule has 17 heavy (non-hydrogen) atoms. The van der Waals surface area contributed by atoms with E-state index >= 15 is 0 Å². The van der Waals surface area contributed by atoms with Crippen molar-refractivity contribution >= 4 is 0 Å². The van der Waals surface area contributed by atoms with E-state index in [4.69, 9.17) is 0 Å². The fourth-order valence-corrected chi connectivity index (χ4v) is 2.29. The molecule has 0 atom stereocenters. The number of rotatable bonds is 1. The highest BCUT2D eigenvalue weighted by molar-refractivity contribution is 5.75. The minimum atomic E-state index is 0.278. The molecule has 0 spiro atoms. The van der Waals surface area contributed by atoms with Crippen LogP contribution in [-0.4, -0.2) is 10.2 Å². The van der Waals surface area contributed by atoms with Crippen LogP contribution in [0, 0.1) is 20.8 Å². The topological polar surface area (TPSA) is 40.5 Å². The number of phenols is 2. The van der Waals surface area contributed by atoms with E-state index < -0.39 is 0 Å². The van der Waals surface area contributed by atoms with Crippen molar-refractivity contribution in [2.45, 2.75) is 20.8 Å². The Morgan fingerprint density at radius 3 is 1.76 bits per heavy atom. The van der Waals surface area contributed by atoms with Crippen molar-refractivity contribution in [3.8, 4) is 22.6 Å². The monoisotopic (exact) mass is 228 g/mol. The van der Waals surface area contributed by atoms with Gasteiger partial charge in [0.25, 0.3) is 0 Å². The first kappa shape index (κ1) is 11.5. The molecule has 0 radical (unpaired) electrons. The molecule has 0 aliphatic carbocycles. The maximum absolute atomic E-state index is 9.54. The number of hydrogen-bond donors (Lipinski definition) is 2. The van der Waals surface area contributed by atoms with Gasteiger partial charge in [-0.05, 0) is 72.9 Å². The Labute approximate surface area is 101 Å². The second kappa shape index (κ2) is 4.13. The highest BCUT2D eigenvalue weighted by Gasteiger charge is 2.10. The third-order valence-corrected chi connectivity index (χ3v) is 3.00. The molecule has 0 fully saturated rings. The van der Waals surface area contributed by atoms with Gasteiger partial charge < -0.3 is 10.2 Å². The molecule has 2 nitrogen and oxygen atoms in total. The van der Waals surface area contributed by atoms with E-state index in [9.17, 15) is 10.2 Å². The summed E-state index contributed by atoms with van der Waals surface area (Å²) in [5.74, 6) is 0.570. The van der Waals surface area contributed by atoms with Crippen LogP contribution in [0.4, 0.5) is 0 Å². The van der Waals surface area contributed by atoms with E-state index in [1.807, 2.05) is 26.8 Å². The van der Waals surface area contributed by atoms with Crippen molar-refractivity contribution in [2.24, 2.45) is 0 Å². The molecule has 0 unspecified atom stereocenters. The van der Waals surface area contributed by atoms with Crippen molar-refractivity contribution in [1.82, 2.24) is 0 Å². The molecule has 0 heterocycles. The smallest absolute Gasteiger partial charge is 0.116 e. The van der Waals surface area contributed by atoms with Crippen LogP contribution < -0.4 is 0 Å². The van der Waals surface area contributed by atoms with Crippen LogP contribution in [0.5, 0.6) is 11.5 Å². The average molecular weight is 228 g/mol. The first-order chi connectivity index (χ1) is 7.99. The zero-order valence-corrected chi connectivity index (χ0v) is 10.3. The molecule has 0 bridgehead atoms. The first-order valence-electron chi connectivity index (χ1n) is 5.59. The second-order valence-electron chi connectivity index (χ2n) is 4.45. The molecule has 2 rings (SSSR count). The van der Waals surface area contributed by atoms with Gasteiger partial charge in [0.05, 0.1) is 0 Å². The highest BCUT2D eigenvalue weighted by Crippen LogP contribution is 2.33. The van der Waals surface area contributed by atoms with Crippen LogP contribution in [0.25, 0.3) is 11.1 Å². The van der Waals surface area contributed by atoms with Crippen LogP contribution in [0.2, 0.25) is 0 Å². The Morgan fingerprint density at radius 1 is 0.706 bits per heavy atom. The zero-order valence-electron chi connectivity index (χ0n) is 10.3. The summed E-state index contributed by atoms with van der Waals surface area (Å²) in [6.07, 6.45) is 0. The van der Waals surface area contributed by atoms with Crippen LogP contribution in [0.15, 0.2) is 30.3 Å². The molecule has 2 aromatic rings. The molecule has 0 aliphatic heterocycles. The third-order valence-electron chi connectivity index (χ3n) is 3.00. The van der Waals surface area contributed by atoms with Crippen molar-refractivity contribution in [3.63, 3.8) is 0 Å². The number of aromatic hydroxyl groups is 2. The van der Waals surface area contributed by atoms with Crippen LogP contribution >= 0.6 is 0 Å². The standard InChI is InChI=1S/C15H16O2/c1-9-6-12(16)4-5-14(9)15-10(2)7-13(17)8-11(15)3/h4-8,16-17H,1-3H3. The average Bonchev–Trinajstić information content (AvgIpc) is 2.19. The van der Waals surface area contributed by atoms with Gasteiger partial charge in [0.2, 0.25) is 0 Å². The zero-order chi connectivity index (χ0) is 12.6. The summed E-state index contributed by atoms with van der Waals surface area (Å²) in [4.78, 5) is 0. The second-order valence-corrected chi connectivity index (χ2v) is 4.45. The predicted molar refractivity (Wildman–Crippen MR) is 69.4 cm³/mol. The van der Waals surface area contributed by atoms with Crippen LogP contribution in [-0.2, 0) is 0 Å². The Bertz CT molecular complexity index is 548. The molecule has 2 N–H and O–H groups in total. The van der Waals surface area contributed by atoms with E-state index in [1.54, 1.807) is 24.3 Å². The molecular weight excluding hydrogens is 212 g/mol. The SMILES string of the molecule is Cc1cc(O)ccc1-c1c(C)cc(O)cc1C. The van der Waals surface area contributed by atoms with Gasteiger partial charge in [0.1, 0.15) is 11.5 Å². The Morgan fingerprint density at radius 2 is 1.24 bits per heavy atom. The van der Waals surface area contributed by atoms with Crippen LogP contribution in [0.3, 0.4) is 0 Å². The lowest BCUT2D eigenvalue weighted by molar-refractivity contribution is 0.474. The Hall–Kier alpha value is -1.96. The van der Waals surface area contributed by atoms with Gasteiger partial charge in [-0.2, -0.15) is 0 Å². The molecule has 0 saturated heterocycles. The van der Waals surface area contributed by atoms with Gasteiger partial charge in [-0.3, -0.25) is 0 Å². The quantitative estimate of drug-likeness (QED) is 0.781.